The van der Waals surface area contributed by atoms with Crippen molar-refractivity contribution in [2.75, 3.05) is 20.2 Å². The first-order chi connectivity index (χ1) is 9.70. The van der Waals surface area contributed by atoms with E-state index in [0.717, 1.165) is 48.2 Å². The van der Waals surface area contributed by atoms with Crippen molar-refractivity contribution in [3.8, 4) is 5.75 Å². The summed E-state index contributed by atoms with van der Waals surface area (Å²) in [5.74, 6) is 1.26. The highest BCUT2D eigenvalue weighted by atomic mass is 16.5. The van der Waals surface area contributed by atoms with Crippen molar-refractivity contribution >= 4 is 16.9 Å². The number of piperidine rings is 1. The van der Waals surface area contributed by atoms with Crippen LogP contribution in [-0.4, -0.2) is 31.0 Å². The predicted octanol–water partition coefficient (Wildman–Crippen LogP) is 3.38. The lowest BCUT2D eigenvalue weighted by Gasteiger charge is -2.25. The van der Waals surface area contributed by atoms with Crippen molar-refractivity contribution in [3.05, 3.63) is 29.5 Å². The minimum Gasteiger partial charge on any atom is -0.497 e. The second-order valence-corrected chi connectivity index (χ2v) is 5.27. The zero-order chi connectivity index (χ0) is 14.1. The lowest BCUT2D eigenvalue weighted by Crippen LogP contribution is -2.35. The topological polar surface area (TPSA) is 42.7 Å². The van der Waals surface area contributed by atoms with Gasteiger partial charge in [-0.3, -0.25) is 4.79 Å². The molecule has 1 amide bonds. The van der Waals surface area contributed by atoms with Crippen molar-refractivity contribution in [1.29, 1.82) is 0 Å². The quantitative estimate of drug-likeness (QED) is 0.842. The monoisotopic (exact) mass is 273 g/mol. The Labute approximate surface area is 118 Å². The van der Waals surface area contributed by atoms with Crippen molar-refractivity contribution in [1.82, 2.24) is 4.90 Å². The third kappa shape index (κ3) is 2.15. The molecule has 2 aromatic rings. The van der Waals surface area contributed by atoms with Crippen molar-refractivity contribution in [2.24, 2.45) is 0 Å². The summed E-state index contributed by atoms with van der Waals surface area (Å²) in [5.41, 5.74) is 1.64. The SMILES string of the molecule is COc1ccc2oc(C(=O)N3CCCCC3)c(C)c2c1. The molecule has 0 unspecified atom stereocenters. The van der Waals surface area contributed by atoms with E-state index in [9.17, 15) is 4.79 Å². The molecule has 0 spiro atoms. The molecule has 1 saturated heterocycles. The first-order valence-corrected chi connectivity index (χ1v) is 7.07. The Morgan fingerprint density at radius 3 is 2.70 bits per heavy atom. The molecule has 2 heterocycles. The molecule has 20 heavy (non-hydrogen) atoms. The zero-order valence-electron chi connectivity index (χ0n) is 11.9. The average molecular weight is 273 g/mol. The molecule has 0 atom stereocenters. The Balaban J connectivity index is 1.98. The molecule has 4 heteroatoms. The fourth-order valence-electron chi connectivity index (χ4n) is 2.77. The van der Waals surface area contributed by atoms with Crippen LogP contribution < -0.4 is 4.74 Å². The molecule has 0 saturated carbocycles. The molecule has 1 aliphatic heterocycles. The highest BCUT2D eigenvalue weighted by molar-refractivity contribution is 5.99. The molecule has 0 aliphatic carbocycles. The summed E-state index contributed by atoms with van der Waals surface area (Å²) in [5, 5.41) is 0.949. The highest BCUT2D eigenvalue weighted by Gasteiger charge is 2.24. The van der Waals surface area contributed by atoms with Gasteiger partial charge in [-0.05, 0) is 44.4 Å². The number of aryl methyl sites for hydroxylation is 1. The molecule has 0 radical (unpaired) electrons. The van der Waals surface area contributed by atoms with Gasteiger partial charge >= 0.3 is 0 Å². The Hall–Kier alpha value is -1.97. The zero-order valence-corrected chi connectivity index (χ0v) is 11.9. The highest BCUT2D eigenvalue weighted by Crippen LogP contribution is 2.29. The number of nitrogens with zero attached hydrogens (tertiary/aromatic N) is 1. The Morgan fingerprint density at radius 2 is 2.00 bits per heavy atom. The first kappa shape index (κ1) is 13.0. The van der Waals surface area contributed by atoms with Gasteiger partial charge < -0.3 is 14.1 Å². The van der Waals surface area contributed by atoms with E-state index >= 15 is 0 Å². The number of furan rings is 1. The van der Waals surface area contributed by atoms with Crippen molar-refractivity contribution < 1.29 is 13.9 Å². The van der Waals surface area contributed by atoms with Gasteiger partial charge in [0.05, 0.1) is 7.11 Å². The number of carbonyl (C=O) groups is 1. The largest absolute Gasteiger partial charge is 0.497 e. The van der Waals surface area contributed by atoms with Crippen molar-refractivity contribution in [2.45, 2.75) is 26.2 Å². The Morgan fingerprint density at radius 1 is 1.25 bits per heavy atom. The second-order valence-electron chi connectivity index (χ2n) is 5.27. The van der Waals surface area contributed by atoms with Gasteiger partial charge in [0.15, 0.2) is 5.76 Å². The Bertz CT molecular complexity index is 638. The molecule has 106 valence electrons. The van der Waals surface area contributed by atoms with Crippen LogP contribution in [0.15, 0.2) is 22.6 Å². The number of carbonyl (C=O) groups excluding carboxylic acids is 1. The van der Waals surface area contributed by atoms with Gasteiger partial charge in [-0.25, -0.2) is 0 Å². The normalized spacial score (nSPS) is 15.6. The number of likely N-dealkylation sites (tertiary alicyclic amines) is 1. The third-order valence-corrected chi connectivity index (χ3v) is 3.98. The molecule has 0 bridgehead atoms. The van der Waals surface area contributed by atoms with E-state index in [1.54, 1.807) is 7.11 Å². The smallest absolute Gasteiger partial charge is 0.289 e. The first-order valence-electron chi connectivity index (χ1n) is 7.07. The number of rotatable bonds is 2. The van der Waals surface area contributed by atoms with Gasteiger partial charge in [0.1, 0.15) is 11.3 Å². The fourth-order valence-corrected chi connectivity index (χ4v) is 2.77. The number of hydrogen-bond acceptors (Lipinski definition) is 3. The maximum Gasteiger partial charge on any atom is 0.289 e. The van der Waals surface area contributed by atoms with E-state index in [0.29, 0.717) is 5.76 Å². The van der Waals surface area contributed by atoms with Crippen LogP contribution in [0.1, 0.15) is 35.4 Å². The minimum atomic E-state index is 0.0115. The summed E-state index contributed by atoms with van der Waals surface area (Å²) < 4.78 is 11.0. The van der Waals surface area contributed by atoms with E-state index in [2.05, 4.69) is 0 Å². The van der Waals surface area contributed by atoms with Gasteiger partial charge in [0.2, 0.25) is 0 Å². The summed E-state index contributed by atoms with van der Waals surface area (Å²) in [6, 6.07) is 5.62. The fraction of sp³-hybridized carbons (Fsp3) is 0.438. The van der Waals surface area contributed by atoms with E-state index in [-0.39, 0.29) is 5.91 Å². The average Bonchev–Trinajstić information content (AvgIpc) is 2.84. The molecule has 0 N–H and O–H groups in total. The van der Waals surface area contributed by atoms with Gasteiger partial charge in [-0.2, -0.15) is 0 Å². The van der Waals surface area contributed by atoms with E-state index in [1.807, 2.05) is 30.0 Å². The van der Waals surface area contributed by atoms with Crippen LogP contribution in [0.3, 0.4) is 0 Å². The Kier molecular flexibility index (Phi) is 3.38. The van der Waals surface area contributed by atoms with E-state index < -0.39 is 0 Å². The summed E-state index contributed by atoms with van der Waals surface area (Å²) >= 11 is 0. The lowest BCUT2D eigenvalue weighted by molar-refractivity contribution is 0.0693. The van der Waals surface area contributed by atoms with E-state index in [1.165, 1.54) is 6.42 Å². The van der Waals surface area contributed by atoms with Gasteiger partial charge in [0.25, 0.3) is 5.91 Å². The number of benzene rings is 1. The molecule has 1 aliphatic rings. The molecular weight excluding hydrogens is 254 g/mol. The predicted molar refractivity (Wildman–Crippen MR) is 77.3 cm³/mol. The molecule has 1 aromatic heterocycles. The minimum absolute atomic E-state index is 0.0115. The lowest BCUT2D eigenvalue weighted by atomic mass is 10.1. The van der Waals surface area contributed by atoms with Crippen LogP contribution in [0.2, 0.25) is 0 Å². The third-order valence-electron chi connectivity index (χ3n) is 3.98. The van der Waals surface area contributed by atoms with Crippen LogP contribution in [0, 0.1) is 6.92 Å². The van der Waals surface area contributed by atoms with Gasteiger partial charge in [-0.1, -0.05) is 0 Å². The molecule has 1 fully saturated rings. The van der Waals surface area contributed by atoms with E-state index in [4.69, 9.17) is 9.15 Å². The van der Waals surface area contributed by atoms with Crippen LogP contribution in [0.4, 0.5) is 0 Å². The summed E-state index contributed by atoms with van der Waals surface area (Å²) in [4.78, 5) is 14.4. The number of amides is 1. The van der Waals surface area contributed by atoms with Gasteiger partial charge in [-0.15, -0.1) is 0 Å². The van der Waals surface area contributed by atoms with Crippen LogP contribution in [-0.2, 0) is 0 Å². The molecular formula is C16H19NO3. The summed E-state index contributed by atoms with van der Waals surface area (Å²) in [7, 11) is 1.64. The maximum absolute atomic E-state index is 12.5. The van der Waals surface area contributed by atoms with Crippen molar-refractivity contribution in [3.63, 3.8) is 0 Å². The summed E-state index contributed by atoms with van der Waals surface area (Å²) in [6.07, 6.45) is 3.37. The summed E-state index contributed by atoms with van der Waals surface area (Å²) in [6.45, 7) is 3.60. The van der Waals surface area contributed by atoms with Crippen LogP contribution in [0.25, 0.3) is 11.0 Å². The maximum atomic E-state index is 12.5. The molecule has 4 nitrogen and oxygen atoms in total. The number of ether oxygens (including phenoxy) is 1. The second kappa shape index (κ2) is 5.19. The molecule has 3 rings (SSSR count). The number of fused-ring (bicyclic) bond motifs is 1. The number of hydrogen-bond donors (Lipinski definition) is 0. The van der Waals surface area contributed by atoms with Crippen LogP contribution >= 0.6 is 0 Å². The van der Waals surface area contributed by atoms with Gasteiger partial charge in [0, 0.05) is 24.0 Å². The molecule has 1 aromatic carbocycles. The van der Waals surface area contributed by atoms with Crippen LogP contribution in [0.5, 0.6) is 5.75 Å². The number of methoxy groups -OCH3 is 1. The standard InChI is InChI=1S/C16H19NO3/c1-11-13-10-12(19-2)6-7-14(13)20-15(11)16(18)17-8-4-3-5-9-17/h6-7,10H,3-5,8-9H2,1-2H3.